The maximum atomic E-state index is 12.5. The highest BCUT2D eigenvalue weighted by Gasteiger charge is 2.30. The summed E-state index contributed by atoms with van der Waals surface area (Å²) in [5, 5.41) is 2.56. The third-order valence-corrected chi connectivity index (χ3v) is 3.14. The minimum atomic E-state index is -4.41. The van der Waals surface area contributed by atoms with Crippen molar-refractivity contribution in [2.45, 2.75) is 38.9 Å². The Morgan fingerprint density at radius 1 is 1.17 bits per heavy atom. The molecule has 1 N–H and O–H groups in total. The summed E-state index contributed by atoms with van der Waals surface area (Å²) < 4.78 is 42.2. The highest BCUT2D eigenvalue weighted by Crippen LogP contribution is 2.29. The number of ether oxygens (including phenoxy) is 1. The van der Waals surface area contributed by atoms with Crippen molar-refractivity contribution in [3.63, 3.8) is 0 Å². The Hall–Kier alpha value is -2.05. The molecule has 1 amide bonds. The second kappa shape index (κ2) is 7.99. The second-order valence-corrected chi connectivity index (χ2v) is 5.64. The molecule has 4 nitrogen and oxygen atoms in total. The summed E-state index contributed by atoms with van der Waals surface area (Å²) in [7, 11) is 1.19. The summed E-state index contributed by atoms with van der Waals surface area (Å²) >= 11 is 0. The van der Waals surface area contributed by atoms with E-state index in [9.17, 15) is 22.8 Å². The van der Waals surface area contributed by atoms with Gasteiger partial charge in [0.05, 0.1) is 12.7 Å². The molecule has 0 fully saturated rings. The Balaban J connectivity index is 2.81. The minimum Gasteiger partial charge on any atom is -0.467 e. The Labute approximate surface area is 133 Å². The van der Waals surface area contributed by atoms with Gasteiger partial charge in [-0.05, 0) is 23.6 Å². The number of methoxy groups -OCH3 is 1. The summed E-state index contributed by atoms with van der Waals surface area (Å²) in [5.41, 5.74) is -0.266. The average molecular weight is 331 g/mol. The van der Waals surface area contributed by atoms with Crippen molar-refractivity contribution in [1.82, 2.24) is 5.32 Å². The van der Waals surface area contributed by atoms with Gasteiger partial charge in [-0.15, -0.1) is 0 Å². The van der Waals surface area contributed by atoms with Gasteiger partial charge in [-0.3, -0.25) is 4.79 Å². The van der Waals surface area contributed by atoms with Gasteiger partial charge in [0.2, 0.25) is 5.91 Å². The molecule has 23 heavy (non-hydrogen) atoms. The van der Waals surface area contributed by atoms with Crippen LogP contribution in [-0.4, -0.2) is 25.0 Å². The van der Waals surface area contributed by atoms with Crippen LogP contribution < -0.4 is 5.32 Å². The van der Waals surface area contributed by atoms with Gasteiger partial charge in [0.15, 0.2) is 0 Å². The number of hydrogen-bond acceptors (Lipinski definition) is 3. The van der Waals surface area contributed by atoms with Crippen LogP contribution in [0.25, 0.3) is 0 Å². The van der Waals surface area contributed by atoms with Crippen LogP contribution in [0.2, 0.25) is 0 Å². The van der Waals surface area contributed by atoms with Crippen LogP contribution in [0.4, 0.5) is 13.2 Å². The Kier molecular flexibility index (Phi) is 6.60. The zero-order valence-electron chi connectivity index (χ0n) is 13.2. The number of rotatable bonds is 6. The van der Waals surface area contributed by atoms with Crippen LogP contribution >= 0.6 is 0 Å². The number of carbonyl (C=O) groups is 2. The number of esters is 1. The molecule has 0 saturated carbocycles. The van der Waals surface area contributed by atoms with Gasteiger partial charge in [-0.25, -0.2) is 4.79 Å². The zero-order chi connectivity index (χ0) is 17.6. The lowest BCUT2D eigenvalue weighted by Crippen LogP contribution is -2.43. The van der Waals surface area contributed by atoms with Crippen LogP contribution in [0.15, 0.2) is 24.3 Å². The molecule has 0 aliphatic heterocycles. The van der Waals surface area contributed by atoms with Gasteiger partial charge in [0.25, 0.3) is 0 Å². The van der Waals surface area contributed by atoms with E-state index in [-0.39, 0.29) is 24.7 Å². The number of carbonyl (C=O) groups excluding carboxylic acids is 2. The average Bonchev–Trinajstić information content (AvgIpc) is 2.44. The Bertz CT molecular complexity index is 538. The van der Waals surface area contributed by atoms with Gasteiger partial charge in [0.1, 0.15) is 6.04 Å². The van der Waals surface area contributed by atoms with Gasteiger partial charge < -0.3 is 10.1 Å². The van der Waals surface area contributed by atoms with Crippen LogP contribution in [-0.2, 0) is 26.9 Å². The van der Waals surface area contributed by atoms with E-state index in [0.717, 1.165) is 12.1 Å². The quantitative estimate of drug-likeness (QED) is 0.816. The van der Waals surface area contributed by atoms with Crippen LogP contribution in [0.1, 0.15) is 31.4 Å². The summed E-state index contributed by atoms with van der Waals surface area (Å²) in [6, 6.07) is 3.53. The number of benzene rings is 1. The Morgan fingerprint density at radius 3 is 2.17 bits per heavy atom. The lowest BCUT2D eigenvalue weighted by molar-refractivity contribution is -0.145. The molecule has 1 rings (SSSR count). The molecule has 0 spiro atoms. The SMILES string of the molecule is COC(=O)[C@H](Cc1ccc(C(F)(F)F)cc1)NC(=O)CC(C)C. The first-order valence-electron chi connectivity index (χ1n) is 7.16. The summed E-state index contributed by atoms with van der Waals surface area (Å²) in [6.45, 7) is 3.73. The molecule has 0 unspecified atom stereocenters. The maximum Gasteiger partial charge on any atom is 0.416 e. The van der Waals surface area contributed by atoms with E-state index in [2.05, 4.69) is 10.1 Å². The van der Waals surface area contributed by atoms with E-state index < -0.39 is 23.8 Å². The topological polar surface area (TPSA) is 55.4 Å². The van der Waals surface area contributed by atoms with Gasteiger partial charge >= 0.3 is 12.1 Å². The van der Waals surface area contributed by atoms with Crippen molar-refractivity contribution >= 4 is 11.9 Å². The largest absolute Gasteiger partial charge is 0.467 e. The number of halogens is 3. The third kappa shape index (κ3) is 6.30. The van der Waals surface area contributed by atoms with E-state index in [4.69, 9.17) is 0 Å². The fourth-order valence-electron chi connectivity index (χ4n) is 2.03. The lowest BCUT2D eigenvalue weighted by Gasteiger charge is -2.17. The molecule has 0 bridgehead atoms. The van der Waals surface area contributed by atoms with Crippen molar-refractivity contribution in [2.75, 3.05) is 7.11 Å². The molecule has 1 atom stereocenters. The van der Waals surface area contributed by atoms with E-state index in [1.54, 1.807) is 0 Å². The van der Waals surface area contributed by atoms with Crippen molar-refractivity contribution in [1.29, 1.82) is 0 Å². The fourth-order valence-corrected chi connectivity index (χ4v) is 2.03. The standard InChI is InChI=1S/C16H20F3NO3/c1-10(2)8-14(21)20-13(15(22)23-3)9-11-4-6-12(7-5-11)16(17,18)19/h4-7,10,13H,8-9H2,1-3H3,(H,20,21)/t13-/m0/s1. The molecule has 1 aromatic carbocycles. The smallest absolute Gasteiger partial charge is 0.416 e. The number of hydrogen-bond donors (Lipinski definition) is 1. The number of nitrogens with one attached hydrogen (secondary N) is 1. The van der Waals surface area contributed by atoms with E-state index >= 15 is 0 Å². The molecule has 0 aromatic heterocycles. The van der Waals surface area contributed by atoms with E-state index in [1.807, 2.05) is 13.8 Å². The first kappa shape index (κ1) is 19.0. The highest BCUT2D eigenvalue weighted by atomic mass is 19.4. The van der Waals surface area contributed by atoms with Gasteiger partial charge in [-0.2, -0.15) is 13.2 Å². The summed E-state index contributed by atoms with van der Waals surface area (Å²) in [6.07, 6.45) is -4.10. The third-order valence-electron chi connectivity index (χ3n) is 3.14. The van der Waals surface area contributed by atoms with Crippen molar-refractivity contribution in [3.8, 4) is 0 Å². The maximum absolute atomic E-state index is 12.5. The van der Waals surface area contributed by atoms with E-state index in [0.29, 0.717) is 5.56 Å². The molecule has 0 aliphatic rings. The van der Waals surface area contributed by atoms with Crippen LogP contribution in [0.3, 0.4) is 0 Å². The Morgan fingerprint density at radius 2 is 1.74 bits per heavy atom. The predicted octanol–water partition coefficient (Wildman–Crippen LogP) is 2.95. The zero-order valence-corrected chi connectivity index (χ0v) is 13.2. The normalized spacial score (nSPS) is 12.8. The molecule has 1 aromatic rings. The van der Waals surface area contributed by atoms with Crippen molar-refractivity contribution < 1.29 is 27.5 Å². The highest BCUT2D eigenvalue weighted by molar-refractivity contribution is 5.84. The molecular formula is C16H20F3NO3. The molecule has 0 radical (unpaired) electrons. The number of amides is 1. The summed E-state index contributed by atoms with van der Waals surface area (Å²) in [4.78, 5) is 23.5. The molecule has 0 heterocycles. The monoisotopic (exact) mass is 331 g/mol. The molecule has 128 valence electrons. The molecule has 0 aliphatic carbocycles. The second-order valence-electron chi connectivity index (χ2n) is 5.64. The van der Waals surface area contributed by atoms with Crippen molar-refractivity contribution in [2.24, 2.45) is 5.92 Å². The fraction of sp³-hybridized carbons (Fsp3) is 0.500. The first-order valence-corrected chi connectivity index (χ1v) is 7.16. The summed E-state index contributed by atoms with van der Waals surface area (Å²) in [5.74, 6) is -0.816. The van der Waals surface area contributed by atoms with Crippen LogP contribution in [0.5, 0.6) is 0 Å². The molecule has 0 saturated heterocycles. The van der Waals surface area contributed by atoms with Gasteiger partial charge in [-0.1, -0.05) is 26.0 Å². The first-order chi connectivity index (χ1) is 10.6. The predicted molar refractivity (Wildman–Crippen MR) is 78.5 cm³/mol. The lowest BCUT2D eigenvalue weighted by atomic mass is 10.0. The van der Waals surface area contributed by atoms with Crippen molar-refractivity contribution in [3.05, 3.63) is 35.4 Å². The molecule has 7 heteroatoms. The van der Waals surface area contributed by atoms with E-state index in [1.165, 1.54) is 19.2 Å². The van der Waals surface area contributed by atoms with Gasteiger partial charge in [0, 0.05) is 12.8 Å². The molecular weight excluding hydrogens is 311 g/mol. The number of alkyl halides is 3. The van der Waals surface area contributed by atoms with Crippen LogP contribution in [0, 0.1) is 5.92 Å². The minimum absolute atomic E-state index is 0.0641.